The highest BCUT2D eigenvalue weighted by atomic mass is 32.2. The van der Waals surface area contributed by atoms with Crippen molar-refractivity contribution >= 4 is 21.6 Å². The van der Waals surface area contributed by atoms with Crippen LogP contribution in [0, 0.1) is 0 Å². The summed E-state index contributed by atoms with van der Waals surface area (Å²) < 4.78 is 27.3. The third-order valence-corrected chi connectivity index (χ3v) is 6.96. The van der Waals surface area contributed by atoms with Gasteiger partial charge in [-0.25, -0.2) is 8.42 Å². The van der Waals surface area contributed by atoms with E-state index in [1.54, 1.807) is 40.7 Å². The lowest BCUT2D eigenvalue weighted by Crippen LogP contribution is -2.31. The molecule has 9 nitrogen and oxygen atoms in total. The lowest BCUT2D eigenvalue weighted by molar-refractivity contribution is 0.102. The van der Waals surface area contributed by atoms with Crippen molar-refractivity contribution in [3.05, 3.63) is 54.1 Å². The Balaban J connectivity index is 1.47. The van der Waals surface area contributed by atoms with Gasteiger partial charge in [0.2, 0.25) is 15.8 Å². The molecule has 156 valence electrons. The summed E-state index contributed by atoms with van der Waals surface area (Å²) in [5.74, 6) is 0.0798. The van der Waals surface area contributed by atoms with E-state index in [2.05, 4.69) is 25.9 Å². The smallest absolute Gasteiger partial charge is 0.255 e. The molecule has 1 saturated heterocycles. The molecule has 0 atom stereocenters. The monoisotopic (exact) mass is 426 g/mol. The molecule has 1 aliphatic rings. The zero-order chi connectivity index (χ0) is 21.0. The number of hydrogen-bond donors (Lipinski definition) is 2. The maximum absolute atomic E-state index is 12.9. The van der Waals surface area contributed by atoms with Crippen LogP contribution in [0.5, 0.6) is 0 Å². The zero-order valence-electron chi connectivity index (χ0n) is 16.3. The topological polar surface area (TPSA) is 121 Å². The molecule has 1 aromatic heterocycles. The van der Waals surface area contributed by atoms with Crippen molar-refractivity contribution in [3.8, 4) is 11.4 Å². The van der Waals surface area contributed by atoms with Crippen molar-refractivity contribution in [2.24, 2.45) is 0 Å². The Morgan fingerprint density at radius 2 is 1.73 bits per heavy atom. The van der Waals surface area contributed by atoms with Crippen LogP contribution in [0.25, 0.3) is 11.4 Å². The number of benzene rings is 2. The van der Waals surface area contributed by atoms with Crippen molar-refractivity contribution in [2.45, 2.75) is 30.6 Å². The maximum atomic E-state index is 12.9. The Morgan fingerprint density at radius 3 is 2.40 bits per heavy atom. The Hall–Kier alpha value is -3.11. The van der Waals surface area contributed by atoms with Crippen LogP contribution in [-0.2, 0) is 10.0 Å². The molecule has 2 aromatic carbocycles. The fourth-order valence-electron chi connectivity index (χ4n) is 3.43. The molecule has 0 bridgehead atoms. The van der Waals surface area contributed by atoms with E-state index in [1.807, 2.05) is 0 Å². The highest BCUT2D eigenvalue weighted by molar-refractivity contribution is 7.89. The number of rotatable bonds is 5. The highest BCUT2D eigenvalue weighted by Gasteiger charge is 2.25. The number of aromatic nitrogens is 4. The number of hydrogen-bond acceptors (Lipinski definition) is 6. The molecule has 0 spiro atoms. The van der Waals surface area contributed by atoms with Gasteiger partial charge in [0.1, 0.15) is 0 Å². The van der Waals surface area contributed by atoms with Gasteiger partial charge in [-0.05, 0) is 54.5 Å². The van der Waals surface area contributed by atoms with E-state index in [0.717, 1.165) is 25.7 Å². The zero-order valence-corrected chi connectivity index (χ0v) is 17.1. The molecule has 1 aliphatic heterocycles. The number of carbonyl (C=O) groups excluding carboxylic acids is 1. The van der Waals surface area contributed by atoms with Crippen molar-refractivity contribution in [1.82, 2.24) is 24.9 Å². The molecule has 2 N–H and O–H groups in total. The minimum absolute atomic E-state index is 0.238. The van der Waals surface area contributed by atoms with Crippen LogP contribution >= 0.6 is 0 Å². The SMILES string of the molecule is O=C(Nc1ccc(S(=O)(=O)N2CCCCCC2)cc1)c1cccc(-c2nn[nH]n2)c1. The summed E-state index contributed by atoms with van der Waals surface area (Å²) in [6.07, 6.45) is 3.89. The number of tetrazole rings is 1. The molecule has 0 unspecified atom stereocenters. The van der Waals surface area contributed by atoms with Gasteiger partial charge >= 0.3 is 0 Å². The number of H-pyrrole nitrogens is 1. The van der Waals surface area contributed by atoms with E-state index in [1.165, 1.54) is 12.1 Å². The molecule has 10 heteroatoms. The first kappa shape index (κ1) is 20.2. The van der Waals surface area contributed by atoms with E-state index in [0.29, 0.717) is 35.7 Å². The summed E-state index contributed by atoms with van der Waals surface area (Å²) in [7, 11) is -3.52. The average Bonchev–Trinajstić information content (AvgIpc) is 3.16. The summed E-state index contributed by atoms with van der Waals surface area (Å²) in [6, 6.07) is 13.1. The van der Waals surface area contributed by atoms with E-state index >= 15 is 0 Å². The van der Waals surface area contributed by atoms with Gasteiger partial charge in [-0.1, -0.05) is 25.0 Å². The first-order valence-electron chi connectivity index (χ1n) is 9.79. The van der Waals surface area contributed by atoms with E-state index in [9.17, 15) is 13.2 Å². The summed E-state index contributed by atoms with van der Waals surface area (Å²) in [4.78, 5) is 12.8. The van der Waals surface area contributed by atoms with Gasteiger partial charge in [-0.2, -0.15) is 9.52 Å². The second-order valence-electron chi connectivity index (χ2n) is 7.11. The molecule has 1 fully saturated rings. The minimum atomic E-state index is -3.52. The molecule has 1 amide bonds. The third-order valence-electron chi connectivity index (χ3n) is 5.04. The molecule has 0 aliphatic carbocycles. The molecule has 0 saturated carbocycles. The molecular formula is C20H22N6O3S. The van der Waals surface area contributed by atoms with Crippen LogP contribution < -0.4 is 5.32 Å². The quantitative estimate of drug-likeness (QED) is 0.647. The van der Waals surface area contributed by atoms with E-state index < -0.39 is 10.0 Å². The first-order valence-corrected chi connectivity index (χ1v) is 11.2. The molecule has 4 rings (SSSR count). The van der Waals surface area contributed by atoms with Gasteiger partial charge in [0.05, 0.1) is 4.90 Å². The van der Waals surface area contributed by atoms with Crippen LogP contribution in [0.4, 0.5) is 5.69 Å². The van der Waals surface area contributed by atoms with Crippen molar-refractivity contribution in [1.29, 1.82) is 0 Å². The Morgan fingerprint density at radius 1 is 1.00 bits per heavy atom. The summed E-state index contributed by atoms with van der Waals surface area (Å²) in [5.41, 5.74) is 1.61. The van der Waals surface area contributed by atoms with Gasteiger partial charge in [0.25, 0.3) is 5.91 Å². The standard InChI is InChI=1S/C20H22N6O3S/c27-20(16-7-5-6-15(14-16)19-22-24-25-23-19)21-17-8-10-18(11-9-17)30(28,29)26-12-3-1-2-4-13-26/h5-11,14H,1-4,12-13H2,(H,21,27)(H,22,23,24,25). The molecular weight excluding hydrogens is 404 g/mol. The average molecular weight is 427 g/mol. The number of nitrogens with zero attached hydrogens (tertiary/aromatic N) is 4. The number of aromatic amines is 1. The second kappa shape index (κ2) is 8.72. The maximum Gasteiger partial charge on any atom is 0.255 e. The van der Waals surface area contributed by atoms with Gasteiger partial charge in [0.15, 0.2) is 0 Å². The van der Waals surface area contributed by atoms with Crippen LogP contribution in [0.1, 0.15) is 36.0 Å². The Kier molecular flexibility index (Phi) is 5.86. The van der Waals surface area contributed by atoms with Crippen LogP contribution in [-0.4, -0.2) is 52.3 Å². The number of nitrogens with one attached hydrogen (secondary N) is 2. The fourth-order valence-corrected chi connectivity index (χ4v) is 4.95. The van der Waals surface area contributed by atoms with E-state index in [4.69, 9.17) is 0 Å². The van der Waals surface area contributed by atoms with Gasteiger partial charge in [-0.3, -0.25) is 4.79 Å². The minimum Gasteiger partial charge on any atom is -0.322 e. The summed E-state index contributed by atoms with van der Waals surface area (Å²) in [6.45, 7) is 1.11. The lowest BCUT2D eigenvalue weighted by Gasteiger charge is -2.20. The Bertz CT molecular complexity index is 1110. The van der Waals surface area contributed by atoms with Crippen LogP contribution in [0.2, 0.25) is 0 Å². The molecule has 30 heavy (non-hydrogen) atoms. The first-order chi connectivity index (χ1) is 14.5. The number of amides is 1. The third kappa shape index (κ3) is 4.39. The molecule has 3 aromatic rings. The Labute approximate surface area is 174 Å². The highest BCUT2D eigenvalue weighted by Crippen LogP contribution is 2.22. The van der Waals surface area contributed by atoms with Crippen LogP contribution in [0.15, 0.2) is 53.4 Å². The van der Waals surface area contributed by atoms with Crippen molar-refractivity contribution < 1.29 is 13.2 Å². The lowest BCUT2D eigenvalue weighted by atomic mass is 10.1. The van der Waals surface area contributed by atoms with Crippen molar-refractivity contribution in [2.75, 3.05) is 18.4 Å². The number of anilines is 1. The molecule has 0 radical (unpaired) electrons. The van der Waals surface area contributed by atoms with Crippen LogP contribution in [0.3, 0.4) is 0 Å². The van der Waals surface area contributed by atoms with Gasteiger partial charge in [-0.15, -0.1) is 10.2 Å². The normalized spacial score (nSPS) is 15.5. The largest absolute Gasteiger partial charge is 0.322 e. The van der Waals surface area contributed by atoms with Gasteiger partial charge in [0, 0.05) is 29.9 Å². The second-order valence-corrected chi connectivity index (χ2v) is 9.05. The van der Waals surface area contributed by atoms with Crippen molar-refractivity contribution in [3.63, 3.8) is 0 Å². The number of sulfonamides is 1. The van der Waals surface area contributed by atoms with Gasteiger partial charge < -0.3 is 5.32 Å². The predicted octanol–water partition coefficient (Wildman–Crippen LogP) is 2.68. The fraction of sp³-hybridized carbons (Fsp3) is 0.300. The summed E-state index contributed by atoms with van der Waals surface area (Å²) >= 11 is 0. The number of carbonyl (C=O) groups is 1. The predicted molar refractivity (Wildman–Crippen MR) is 111 cm³/mol. The van der Waals surface area contributed by atoms with E-state index in [-0.39, 0.29) is 10.8 Å². The summed E-state index contributed by atoms with van der Waals surface area (Å²) in [5, 5.41) is 16.5. The molecule has 2 heterocycles.